The number of alkyl carbamates (subject to hydrolysis) is 1. The molecule has 0 aromatic rings. The van der Waals surface area contributed by atoms with Gasteiger partial charge in [0.15, 0.2) is 12.4 Å². The Kier molecular flexibility index (Phi) is 11.0. The summed E-state index contributed by atoms with van der Waals surface area (Å²) in [6.45, 7) is 9.44. The summed E-state index contributed by atoms with van der Waals surface area (Å²) < 4.78 is 10.5. The molecule has 4 rings (SSSR count). The zero-order chi connectivity index (χ0) is 30.7. The van der Waals surface area contributed by atoms with Crippen molar-refractivity contribution in [3.63, 3.8) is 0 Å². The van der Waals surface area contributed by atoms with E-state index in [0.717, 1.165) is 49.4 Å². The molecule has 0 radical (unpaired) electrons. The lowest BCUT2D eigenvalue weighted by Gasteiger charge is -2.58. The maximum atomic E-state index is 12.4. The number of aliphatic hydroxyl groups is 4. The molecule has 240 valence electrons. The van der Waals surface area contributed by atoms with Gasteiger partial charge in [-0.3, -0.25) is 0 Å². The SMILES string of the molecule is CC(C)CCCCC1CCC2C3CC=C4CC(OC(=O)NCCOC(=O)C(O)C(O)C(O)O)CCC4(C)C3CCC12C. The summed E-state index contributed by atoms with van der Waals surface area (Å²) in [6.07, 6.45) is 9.96. The van der Waals surface area contributed by atoms with Crippen molar-refractivity contribution in [2.75, 3.05) is 13.2 Å². The van der Waals surface area contributed by atoms with Crippen molar-refractivity contribution in [2.45, 2.75) is 129 Å². The molecule has 0 aromatic carbocycles. The van der Waals surface area contributed by atoms with Crippen molar-refractivity contribution in [1.29, 1.82) is 0 Å². The van der Waals surface area contributed by atoms with E-state index >= 15 is 0 Å². The van der Waals surface area contributed by atoms with E-state index in [2.05, 4.69) is 39.1 Å². The van der Waals surface area contributed by atoms with E-state index in [0.29, 0.717) is 11.3 Å². The van der Waals surface area contributed by atoms with Gasteiger partial charge in [-0.05, 0) is 91.8 Å². The highest BCUT2D eigenvalue weighted by Crippen LogP contribution is 2.66. The lowest BCUT2D eigenvalue weighted by Crippen LogP contribution is -2.50. The fourth-order valence-electron chi connectivity index (χ4n) is 9.14. The summed E-state index contributed by atoms with van der Waals surface area (Å²) in [5.41, 5.74) is 2.12. The quantitative estimate of drug-likeness (QED) is 0.0966. The van der Waals surface area contributed by atoms with Crippen LogP contribution in [0.3, 0.4) is 0 Å². The summed E-state index contributed by atoms with van der Waals surface area (Å²) in [5.74, 6) is 2.77. The Hall–Kier alpha value is -1.68. The minimum atomic E-state index is -2.27. The molecular formula is C33H55NO8. The first-order chi connectivity index (χ1) is 19.9. The number of allylic oxidation sites excluding steroid dienone is 1. The standard InChI is InChI=1S/C33H55NO8/c1-20(2)7-5-6-8-21-10-12-25-24-11-9-22-19-23(13-15-33(22,4)26(24)14-16-32(21,25)3)42-31(40)34-17-18-41-30(39)28(36)27(35)29(37)38/h9,20-21,23-29,35-38H,5-8,10-19H2,1-4H3,(H,34,40). The number of hydrogen-bond donors (Lipinski definition) is 5. The molecule has 0 spiro atoms. The van der Waals surface area contributed by atoms with E-state index in [-0.39, 0.29) is 24.7 Å². The third-order valence-electron chi connectivity index (χ3n) is 11.6. The number of ether oxygens (including phenoxy) is 2. The first-order valence-electron chi connectivity index (χ1n) is 16.4. The highest BCUT2D eigenvalue weighted by molar-refractivity contribution is 5.75. The van der Waals surface area contributed by atoms with Crippen LogP contribution in [0.4, 0.5) is 4.79 Å². The Morgan fingerprint density at radius 2 is 1.79 bits per heavy atom. The van der Waals surface area contributed by atoms with Gasteiger partial charge in [-0.25, -0.2) is 9.59 Å². The number of carbonyl (C=O) groups excluding carboxylic acids is 2. The molecule has 1 amide bonds. The molecule has 0 aromatic heterocycles. The van der Waals surface area contributed by atoms with Crippen LogP contribution in [-0.4, -0.2) is 70.2 Å². The van der Waals surface area contributed by atoms with E-state index in [1.54, 1.807) is 0 Å². The van der Waals surface area contributed by atoms with Crippen LogP contribution in [0.25, 0.3) is 0 Å². The number of aliphatic hydroxyl groups excluding tert-OH is 3. The van der Waals surface area contributed by atoms with Crippen LogP contribution < -0.4 is 5.32 Å². The first-order valence-corrected chi connectivity index (χ1v) is 16.4. The molecule has 0 bridgehead atoms. The molecule has 9 unspecified atom stereocenters. The highest BCUT2D eigenvalue weighted by Gasteiger charge is 2.58. The number of esters is 1. The van der Waals surface area contributed by atoms with Gasteiger partial charge in [0.2, 0.25) is 0 Å². The molecule has 0 saturated heterocycles. The molecule has 42 heavy (non-hydrogen) atoms. The molecule has 4 aliphatic rings. The smallest absolute Gasteiger partial charge is 0.407 e. The van der Waals surface area contributed by atoms with Crippen LogP contribution in [0.2, 0.25) is 0 Å². The van der Waals surface area contributed by atoms with Gasteiger partial charge in [0.1, 0.15) is 18.8 Å². The molecule has 5 N–H and O–H groups in total. The Morgan fingerprint density at radius 3 is 2.50 bits per heavy atom. The van der Waals surface area contributed by atoms with Crippen molar-refractivity contribution in [2.24, 2.45) is 40.4 Å². The van der Waals surface area contributed by atoms with Crippen molar-refractivity contribution < 1.29 is 39.5 Å². The van der Waals surface area contributed by atoms with Crippen molar-refractivity contribution >= 4 is 12.1 Å². The minimum absolute atomic E-state index is 0.0369. The van der Waals surface area contributed by atoms with Gasteiger partial charge in [0, 0.05) is 6.42 Å². The second-order valence-electron chi connectivity index (χ2n) is 14.5. The van der Waals surface area contributed by atoms with Gasteiger partial charge in [0.25, 0.3) is 0 Å². The average molecular weight is 594 g/mol. The van der Waals surface area contributed by atoms with Crippen LogP contribution >= 0.6 is 0 Å². The molecule has 9 atom stereocenters. The third-order valence-corrected chi connectivity index (χ3v) is 11.6. The second kappa shape index (κ2) is 14.0. The van der Waals surface area contributed by atoms with Crippen LogP contribution in [0.1, 0.15) is 105 Å². The maximum Gasteiger partial charge on any atom is 0.407 e. The number of hydrogen-bond acceptors (Lipinski definition) is 8. The molecular weight excluding hydrogens is 538 g/mol. The average Bonchev–Trinajstić information content (AvgIpc) is 3.28. The lowest BCUT2D eigenvalue weighted by molar-refractivity contribution is -0.184. The molecule has 3 fully saturated rings. The van der Waals surface area contributed by atoms with Gasteiger partial charge in [-0.1, -0.05) is 58.6 Å². The highest BCUT2D eigenvalue weighted by atomic mass is 16.6. The van der Waals surface area contributed by atoms with Gasteiger partial charge < -0.3 is 35.2 Å². The number of unbranched alkanes of at least 4 members (excludes halogenated alkanes) is 1. The summed E-state index contributed by atoms with van der Waals surface area (Å²) in [7, 11) is 0. The van der Waals surface area contributed by atoms with E-state index in [9.17, 15) is 19.8 Å². The summed E-state index contributed by atoms with van der Waals surface area (Å²) in [6, 6.07) is 0. The van der Waals surface area contributed by atoms with E-state index < -0.39 is 30.6 Å². The monoisotopic (exact) mass is 593 g/mol. The van der Waals surface area contributed by atoms with Crippen LogP contribution in [0, 0.1) is 40.4 Å². The van der Waals surface area contributed by atoms with Gasteiger partial charge in [-0.2, -0.15) is 0 Å². The number of rotatable bonds is 12. The zero-order valence-electron chi connectivity index (χ0n) is 26.1. The summed E-state index contributed by atoms with van der Waals surface area (Å²) in [5, 5.41) is 39.1. The van der Waals surface area contributed by atoms with Gasteiger partial charge in [-0.15, -0.1) is 0 Å². The lowest BCUT2D eigenvalue weighted by atomic mass is 9.47. The minimum Gasteiger partial charge on any atom is -0.462 e. The normalized spacial score (nSPS) is 35.5. The van der Waals surface area contributed by atoms with Gasteiger partial charge in [0.05, 0.1) is 6.54 Å². The van der Waals surface area contributed by atoms with E-state index in [1.165, 1.54) is 56.9 Å². The number of amides is 1. The Morgan fingerprint density at radius 1 is 1.02 bits per heavy atom. The zero-order valence-corrected chi connectivity index (χ0v) is 26.1. The van der Waals surface area contributed by atoms with E-state index in [1.807, 2.05) is 0 Å². The molecule has 3 saturated carbocycles. The number of fused-ring (bicyclic) bond motifs is 5. The maximum absolute atomic E-state index is 12.4. The van der Waals surface area contributed by atoms with E-state index in [4.69, 9.17) is 19.7 Å². The predicted octanol–water partition coefficient (Wildman–Crippen LogP) is 4.45. The predicted molar refractivity (Wildman–Crippen MR) is 158 cm³/mol. The van der Waals surface area contributed by atoms with Crippen molar-refractivity contribution in [3.8, 4) is 0 Å². The van der Waals surface area contributed by atoms with Crippen molar-refractivity contribution in [3.05, 3.63) is 11.6 Å². The summed E-state index contributed by atoms with van der Waals surface area (Å²) in [4.78, 5) is 24.1. The van der Waals surface area contributed by atoms with Gasteiger partial charge >= 0.3 is 12.1 Å². The Bertz CT molecular complexity index is 968. The Labute approximate surface area is 251 Å². The fourth-order valence-corrected chi connectivity index (χ4v) is 9.14. The molecule has 9 heteroatoms. The molecule has 0 aliphatic heterocycles. The Balaban J connectivity index is 1.24. The fraction of sp³-hybridized carbons (Fsp3) is 0.879. The molecule has 4 aliphatic carbocycles. The number of nitrogens with one attached hydrogen (secondary N) is 1. The van der Waals surface area contributed by atoms with Crippen LogP contribution in [0.15, 0.2) is 11.6 Å². The largest absolute Gasteiger partial charge is 0.462 e. The van der Waals surface area contributed by atoms with Crippen LogP contribution in [-0.2, 0) is 14.3 Å². The van der Waals surface area contributed by atoms with Crippen molar-refractivity contribution in [1.82, 2.24) is 5.32 Å². The number of carbonyl (C=O) groups is 2. The summed E-state index contributed by atoms with van der Waals surface area (Å²) >= 11 is 0. The third kappa shape index (κ3) is 7.16. The molecule has 0 heterocycles. The first kappa shape index (κ1) is 33.2. The topological polar surface area (TPSA) is 146 Å². The molecule has 9 nitrogen and oxygen atoms in total. The second-order valence-corrected chi connectivity index (χ2v) is 14.5. The van der Waals surface area contributed by atoms with Crippen LogP contribution in [0.5, 0.6) is 0 Å².